The van der Waals surface area contributed by atoms with Crippen LogP contribution in [0.3, 0.4) is 0 Å². The minimum absolute atomic E-state index is 0.306. The van der Waals surface area contributed by atoms with E-state index in [4.69, 9.17) is 23.7 Å². The van der Waals surface area contributed by atoms with Gasteiger partial charge in [0.2, 0.25) is 0 Å². The summed E-state index contributed by atoms with van der Waals surface area (Å²) >= 11 is 2.86. The molecule has 0 radical (unpaired) electrons. The van der Waals surface area contributed by atoms with Crippen LogP contribution in [0, 0.1) is 0 Å². The Labute approximate surface area is 368 Å². The molecule has 7 aromatic carbocycles. The molecule has 1 heterocycles. The molecule has 0 unspecified atom stereocenters. The van der Waals surface area contributed by atoms with Crippen LogP contribution in [0.5, 0.6) is 0 Å². The van der Waals surface area contributed by atoms with Gasteiger partial charge in [-0.1, -0.05) is 0 Å². The minimum atomic E-state index is -3.39. The maximum atomic E-state index is 7.57. The molecule has 60 heavy (non-hydrogen) atoms. The van der Waals surface area contributed by atoms with Crippen molar-refractivity contribution in [1.82, 2.24) is 0 Å². The van der Waals surface area contributed by atoms with E-state index in [2.05, 4.69) is 186 Å². The Balaban J connectivity index is 1.27. The average Bonchev–Trinajstić information content (AvgIpc) is 3.32. The Morgan fingerprint density at radius 3 is 1.03 bits per heavy atom. The van der Waals surface area contributed by atoms with Gasteiger partial charge in [0.1, 0.15) is 0 Å². The fourth-order valence-electron chi connectivity index (χ4n) is 8.35. The summed E-state index contributed by atoms with van der Waals surface area (Å²) < 4.78 is 32.2. The average molecular weight is 927 g/mol. The zero-order valence-corrected chi connectivity index (χ0v) is 36.8. The fraction of sp³-hybridized carbons (Fsp3) is 0.208. The van der Waals surface area contributed by atoms with Gasteiger partial charge in [-0.2, -0.15) is 0 Å². The van der Waals surface area contributed by atoms with Gasteiger partial charge in [-0.15, -0.1) is 0 Å². The Morgan fingerprint density at radius 2 is 0.667 bits per heavy atom. The molecule has 0 aromatic heterocycles. The molecule has 306 valence electrons. The van der Waals surface area contributed by atoms with Gasteiger partial charge >= 0.3 is 370 Å². The standard InChI is InChI=1S/C53H52IO5P/c54-60(46-30-16-5-17-31-46,47-32-18-6-19-33-47,48-34-20-7-21-35-48)41-50-52(57-38-44-26-12-3-13-27-44)53(58-39-45-28-14-4-15-29-45)51(56-37-43-24-10-2-11-25-43)49(59-50)40-55-36-42-22-8-1-9-23-42/h1-35,49-53H,36-41H2/t49-,50+,51-,52+,53+/m1/s1. The van der Waals surface area contributed by atoms with E-state index in [-0.39, 0.29) is 0 Å². The van der Waals surface area contributed by atoms with E-state index in [1.807, 2.05) is 48.5 Å². The number of ether oxygens (including phenoxy) is 5. The third kappa shape index (κ3) is 9.83. The third-order valence-corrected chi connectivity index (χ3v) is 22.8. The van der Waals surface area contributed by atoms with Crippen molar-refractivity contribution < 1.29 is 23.7 Å². The Kier molecular flexibility index (Phi) is 14.3. The number of halogens is 1. The summed E-state index contributed by atoms with van der Waals surface area (Å²) in [6.45, 7) is 1.91. The van der Waals surface area contributed by atoms with Crippen LogP contribution in [-0.4, -0.2) is 43.3 Å². The van der Waals surface area contributed by atoms with Crippen LogP contribution in [-0.2, 0) is 50.1 Å². The van der Waals surface area contributed by atoms with Crippen molar-refractivity contribution in [2.45, 2.75) is 56.9 Å². The zero-order chi connectivity index (χ0) is 40.9. The van der Waals surface area contributed by atoms with Gasteiger partial charge in [0.25, 0.3) is 0 Å². The van der Waals surface area contributed by atoms with Gasteiger partial charge in [-0.3, -0.25) is 0 Å². The van der Waals surface area contributed by atoms with Gasteiger partial charge in [0.05, 0.1) is 0 Å². The summed E-state index contributed by atoms with van der Waals surface area (Å²) in [5, 5.41) is 3.81. The summed E-state index contributed by atoms with van der Waals surface area (Å²) in [4.78, 5) is 0. The SMILES string of the molecule is IP(C[C@@H]1O[C@H](COCc2ccccc2)[C@@H](OCc2ccccc2)[C@H](OCc2ccccc2)[C@H]1OCc1ccccc1)(c1ccccc1)(c1ccccc1)c1ccccc1. The molecule has 0 saturated carbocycles. The molecule has 5 nitrogen and oxygen atoms in total. The van der Waals surface area contributed by atoms with E-state index >= 15 is 0 Å². The molecule has 1 aliphatic rings. The van der Waals surface area contributed by atoms with Gasteiger partial charge in [0.15, 0.2) is 0 Å². The Morgan fingerprint density at radius 1 is 0.367 bits per heavy atom. The molecule has 1 fully saturated rings. The van der Waals surface area contributed by atoms with Crippen molar-refractivity contribution in [2.75, 3.05) is 12.8 Å². The Hall–Kier alpha value is -4.50. The summed E-state index contributed by atoms with van der Waals surface area (Å²) in [6.07, 6.45) is -1.83. The quantitative estimate of drug-likeness (QED) is 0.0634. The first kappa shape index (κ1) is 42.2. The van der Waals surface area contributed by atoms with Crippen LogP contribution < -0.4 is 15.9 Å². The van der Waals surface area contributed by atoms with Crippen molar-refractivity contribution in [3.05, 3.63) is 235 Å². The molecule has 1 saturated heterocycles. The molecule has 0 spiro atoms. The molecule has 0 N–H and O–H groups in total. The van der Waals surface area contributed by atoms with E-state index < -0.39 is 34.8 Å². The predicted octanol–water partition coefficient (Wildman–Crippen LogP) is 10.6. The number of hydrogen-bond donors (Lipinski definition) is 0. The van der Waals surface area contributed by atoms with Crippen molar-refractivity contribution in [3.63, 3.8) is 0 Å². The van der Waals surface area contributed by atoms with Crippen molar-refractivity contribution in [2.24, 2.45) is 0 Å². The molecule has 0 amide bonds. The topological polar surface area (TPSA) is 46.2 Å². The third-order valence-electron chi connectivity index (χ3n) is 11.4. The summed E-state index contributed by atoms with van der Waals surface area (Å²) in [5.74, 6) is 0. The van der Waals surface area contributed by atoms with E-state index in [0.717, 1.165) is 22.3 Å². The van der Waals surface area contributed by atoms with Crippen LogP contribution in [0.2, 0.25) is 0 Å². The second-order valence-corrected chi connectivity index (χ2v) is 26.0. The summed E-state index contributed by atoms with van der Waals surface area (Å²) in [7, 11) is 0. The van der Waals surface area contributed by atoms with E-state index in [0.29, 0.717) is 39.2 Å². The first-order chi connectivity index (χ1) is 29.6. The van der Waals surface area contributed by atoms with Crippen molar-refractivity contribution in [1.29, 1.82) is 0 Å². The normalized spacial score (nSPS) is 19.9. The van der Waals surface area contributed by atoms with E-state index in [1.165, 1.54) is 15.9 Å². The summed E-state index contributed by atoms with van der Waals surface area (Å²) in [6, 6.07) is 74.3. The monoisotopic (exact) mass is 926 g/mol. The van der Waals surface area contributed by atoms with Crippen LogP contribution >= 0.6 is 26.3 Å². The number of hydrogen-bond acceptors (Lipinski definition) is 5. The van der Waals surface area contributed by atoms with Gasteiger partial charge in [0, 0.05) is 0 Å². The molecule has 0 bridgehead atoms. The number of rotatable bonds is 18. The second-order valence-electron chi connectivity index (χ2n) is 15.4. The van der Waals surface area contributed by atoms with Crippen molar-refractivity contribution in [3.8, 4) is 0 Å². The molecular weight excluding hydrogens is 874 g/mol. The molecule has 7 heteroatoms. The van der Waals surface area contributed by atoms with Gasteiger partial charge in [-0.05, 0) is 0 Å². The molecule has 0 aliphatic carbocycles. The molecule has 7 aromatic rings. The van der Waals surface area contributed by atoms with E-state index in [9.17, 15) is 0 Å². The second kappa shape index (κ2) is 20.4. The molecule has 5 atom stereocenters. The first-order valence-electron chi connectivity index (χ1n) is 20.7. The molecule has 8 rings (SSSR count). The predicted molar refractivity (Wildman–Crippen MR) is 254 cm³/mol. The Bertz CT molecular complexity index is 2210. The summed E-state index contributed by atoms with van der Waals surface area (Å²) in [5.41, 5.74) is 4.32. The van der Waals surface area contributed by atoms with Gasteiger partial charge in [-0.25, -0.2) is 0 Å². The van der Waals surface area contributed by atoms with E-state index in [1.54, 1.807) is 0 Å². The van der Waals surface area contributed by atoms with Crippen LogP contribution in [0.4, 0.5) is 0 Å². The van der Waals surface area contributed by atoms with Crippen LogP contribution in [0.1, 0.15) is 22.3 Å². The molecular formula is C53H52IO5P. The molecule has 1 aliphatic heterocycles. The fourth-order valence-corrected chi connectivity index (χ4v) is 17.3. The van der Waals surface area contributed by atoms with Crippen molar-refractivity contribution >= 4 is 42.2 Å². The first-order valence-corrected chi connectivity index (χ1v) is 25.9. The maximum absolute atomic E-state index is 7.57. The zero-order valence-electron chi connectivity index (χ0n) is 33.7. The number of benzene rings is 7. The van der Waals surface area contributed by atoms with Crippen LogP contribution in [0.15, 0.2) is 212 Å². The van der Waals surface area contributed by atoms with Gasteiger partial charge < -0.3 is 0 Å². The van der Waals surface area contributed by atoms with Crippen LogP contribution in [0.25, 0.3) is 0 Å².